The zero-order chi connectivity index (χ0) is 27.3. The molecule has 2 rings (SSSR count). The summed E-state index contributed by atoms with van der Waals surface area (Å²) in [6, 6.07) is 14.2. The topological polar surface area (TPSA) is 35.0 Å². The number of rotatable bonds is 23. The molecule has 1 aromatic heterocycles. The van der Waals surface area contributed by atoms with Gasteiger partial charge in [-0.05, 0) is 49.1 Å². The normalized spacial score (nSPS) is 11.7. The molecule has 3 nitrogen and oxygen atoms in total. The molecule has 0 bridgehead atoms. The van der Waals surface area contributed by atoms with Gasteiger partial charge in [-0.25, -0.2) is 9.97 Å². The number of unbranched alkanes of at least 4 members (excludes halogenated alkanes) is 12. The van der Waals surface area contributed by atoms with Crippen molar-refractivity contribution in [2.45, 2.75) is 148 Å². The molecule has 0 N–H and O–H groups in total. The lowest BCUT2D eigenvalue weighted by Crippen LogP contribution is -2.30. The molecule has 214 valence electrons. The molecular weight excluding hydrogens is 480 g/mol. The van der Waals surface area contributed by atoms with E-state index in [9.17, 15) is 0 Å². The first-order valence-electron chi connectivity index (χ1n) is 16.2. The Morgan fingerprint density at radius 2 is 1.13 bits per heavy atom. The van der Waals surface area contributed by atoms with Crippen molar-refractivity contribution in [2.24, 2.45) is 0 Å². The Bertz CT molecular complexity index is 809. The Balaban J connectivity index is 1.56. The van der Waals surface area contributed by atoms with Crippen LogP contribution in [0.25, 0.3) is 11.4 Å². The first-order valence-corrected chi connectivity index (χ1v) is 19.0. The zero-order valence-electron chi connectivity index (χ0n) is 25.4. The molecule has 1 heterocycles. The van der Waals surface area contributed by atoms with Crippen LogP contribution in [-0.2, 0) is 6.42 Å². The van der Waals surface area contributed by atoms with Crippen LogP contribution in [0.1, 0.15) is 123 Å². The third-order valence-corrected chi connectivity index (χ3v) is 14.7. The van der Waals surface area contributed by atoms with E-state index >= 15 is 0 Å². The number of aromatic nitrogens is 2. The van der Waals surface area contributed by atoms with Crippen LogP contribution >= 0.6 is 0 Å². The fraction of sp³-hybridized carbons (Fsp3) is 0.706. The summed E-state index contributed by atoms with van der Waals surface area (Å²) in [6.07, 6.45) is 23.9. The van der Waals surface area contributed by atoms with Crippen molar-refractivity contribution in [3.05, 3.63) is 42.2 Å². The highest BCUT2D eigenvalue weighted by molar-refractivity contribution is 6.79. The largest absolute Gasteiger partial charge is 0.494 e. The summed E-state index contributed by atoms with van der Waals surface area (Å²) >= 11 is 0. The molecule has 2 aromatic rings. The molecule has 0 spiro atoms. The second-order valence-corrected chi connectivity index (χ2v) is 17.1. The van der Waals surface area contributed by atoms with E-state index in [0.29, 0.717) is 0 Å². The lowest BCUT2D eigenvalue weighted by molar-refractivity contribution is 0.304. The molecule has 0 atom stereocenters. The standard InChI is InChI=1S/C34H58N2OSi/c1-5-9-10-11-12-13-16-19-22-31-29-35-34(36-30-31)32-23-25-33(26-24-32)37-27-20-17-14-15-18-21-28-38(6-2,7-3)8-4/h23-26,29-30H,5-22,27-28H2,1-4H3. The van der Waals surface area contributed by atoms with Crippen LogP contribution in [0.2, 0.25) is 24.2 Å². The van der Waals surface area contributed by atoms with Gasteiger partial charge < -0.3 is 4.74 Å². The predicted molar refractivity (Wildman–Crippen MR) is 169 cm³/mol. The highest BCUT2D eigenvalue weighted by atomic mass is 28.3. The van der Waals surface area contributed by atoms with Crippen molar-refractivity contribution < 1.29 is 4.74 Å². The molecule has 38 heavy (non-hydrogen) atoms. The van der Waals surface area contributed by atoms with Crippen LogP contribution in [0.15, 0.2) is 36.7 Å². The van der Waals surface area contributed by atoms with E-state index in [4.69, 9.17) is 4.74 Å². The lowest BCUT2D eigenvalue weighted by atomic mass is 10.1. The van der Waals surface area contributed by atoms with Gasteiger partial charge in [0.2, 0.25) is 0 Å². The van der Waals surface area contributed by atoms with Gasteiger partial charge in [-0.3, -0.25) is 0 Å². The van der Waals surface area contributed by atoms with Crippen LogP contribution in [0.3, 0.4) is 0 Å². The smallest absolute Gasteiger partial charge is 0.159 e. The summed E-state index contributed by atoms with van der Waals surface area (Å²) in [4.78, 5) is 9.24. The quantitative estimate of drug-likeness (QED) is 0.104. The second-order valence-electron chi connectivity index (χ2n) is 11.4. The van der Waals surface area contributed by atoms with E-state index in [-0.39, 0.29) is 0 Å². The van der Waals surface area contributed by atoms with E-state index in [0.717, 1.165) is 36.6 Å². The van der Waals surface area contributed by atoms with Crippen LogP contribution in [0.4, 0.5) is 0 Å². The van der Waals surface area contributed by atoms with E-state index in [1.54, 1.807) is 6.04 Å². The maximum atomic E-state index is 5.99. The SMILES string of the molecule is CCCCCCCCCCc1cnc(-c2ccc(OCCCCCCCC[Si](CC)(CC)CC)cc2)nc1. The minimum atomic E-state index is -0.905. The monoisotopic (exact) mass is 538 g/mol. The van der Waals surface area contributed by atoms with Crippen LogP contribution in [0.5, 0.6) is 5.75 Å². The van der Waals surface area contributed by atoms with Crippen LogP contribution < -0.4 is 4.74 Å². The van der Waals surface area contributed by atoms with Gasteiger partial charge in [-0.2, -0.15) is 0 Å². The predicted octanol–water partition coefficient (Wildman–Crippen LogP) is 11.1. The molecule has 0 saturated carbocycles. The van der Waals surface area contributed by atoms with E-state index in [2.05, 4.69) is 61.9 Å². The third-order valence-electron chi connectivity index (χ3n) is 8.76. The molecular formula is C34H58N2OSi. The van der Waals surface area contributed by atoms with E-state index < -0.39 is 8.07 Å². The van der Waals surface area contributed by atoms with Gasteiger partial charge in [0.25, 0.3) is 0 Å². The minimum Gasteiger partial charge on any atom is -0.494 e. The van der Waals surface area contributed by atoms with Crippen LogP contribution in [0, 0.1) is 0 Å². The van der Waals surface area contributed by atoms with Crippen molar-refractivity contribution in [1.82, 2.24) is 9.97 Å². The Hall–Kier alpha value is -1.68. The van der Waals surface area contributed by atoms with Gasteiger partial charge in [-0.1, -0.05) is 129 Å². The van der Waals surface area contributed by atoms with Gasteiger partial charge >= 0.3 is 0 Å². The van der Waals surface area contributed by atoms with Crippen molar-refractivity contribution in [1.29, 1.82) is 0 Å². The molecule has 0 amide bonds. The summed E-state index contributed by atoms with van der Waals surface area (Å²) in [5.41, 5.74) is 2.30. The van der Waals surface area contributed by atoms with Crippen molar-refractivity contribution in [3.63, 3.8) is 0 Å². The van der Waals surface area contributed by atoms with Gasteiger partial charge in [0.15, 0.2) is 5.82 Å². The van der Waals surface area contributed by atoms with Crippen LogP contribution in [-0.4, -0.2) is 24.6 Å². The average molecular weight is 539 g/mol. The first-order chi connectivity index (χ1) is 18.7. The summed E-state index contributed by atoms with van der Waals surface area (Å²) in [5.74, 6) is 1.74. The summed E-state index contributed by atoms with van der Waals surface area (Å²) in [6.45, 7) is 10.4. The molecule has 0 fully saturated rings. The Kier molecular flexibility index (Phi) is 17.3. The van der Waals surface area contributed by atoms with Gasteiger partial charge in [0.1, 0.15) is 5.75 Å². The maximum Gasteiger partial charge on any atom is 0.159 e. The summed E-state index contributed by atoms with van der Waals surface area (Å²) < 4.78 is 5.99. The fourth-order valence-corrected chi connectivity index (χ4v) is 9.14. The van der Waals surface area contributed by atoms with E-state index in [1.807, 2.05) is 12.4 Å². The number of hydrogen-bond acceptors (Lipinski definition) is 3. The minimum absolute atomic E-state index is 0.799. The molecule has 1 aromatic carbocycles. The Morgan fingerprint density at radius 1 is 0.605 bits per heavy atom. The lowest BCUT2D eigenvalue weighted by Gasteiger charge is -2.28. The van der Waals surface area contributed by atoms with Gasteiger partial charge in [0.05, 0.1) is 14.7 Å². The molecule has 0 aliphatic heterocycles. The van der Waals surface area contributed by atoms with Gasteiger partial charge in [0, 0.05) is 18.0 Å². The van der Waals surface area contributed by atoms with Crippen molar-refractivity contribution in [3.8, 4) is 17.1 Å². The molecule has 0 aliphatic rings. The average Bonchev–Trinajstić information content (AvgIpc) is 2.96. The first kappa shape index (κ1) is 32.5. The highest BCUT2D eigenvalue weighted by Crippen LogP contribution is 2.28. The Morgan fingerprint density at radius 3 is 1.71 bits per heavy atom. The molecule has 0 radical (unpaired) electrons. The third kappa shape index (κ3) is 12.9. The number of ether oxygens (including phenoxy) is 1. The number of benzene rings is 1. The molecule has 4 heteroatoms. The highest BCUT2D eigenvalue weighted by Gasteiger charge is 2.25. The van der Waals surface area contributed by atoms with Crippen molar-refractivity contribution in [2.75, 3.05) is 6.61 Å². The molecule has 0 aliphatic carbocycles. The maximum absolute atomic E-state index is 5.99. The van der Waals surface area contributed by atoms with Gasteiger partial charge in [-0.15, -0.1) is 0 Å². The number of nitrogens with zero attached hydrogens (tertiary/aromatic N) is 2. The summed E-state index contributed by atoms with van der Waals surface area (Å²) in [7, 11) is -0.905. The molecule has 0 unspecified atom stereocenters. The zero-order valence-corrected chi connectivity index (χ0v) is 26.4. The van der Waals surface area contributed by atoms with Crippen molar-refractivity contribution >= 4 is 8.07 Å². The second kappa shape index (κ2) is 20.3. The fourth-order valence-electron chi connectivity index (χ4n) is 5.58. The summed E-state index contributed by atoms with van der Waals surface area (Å²) in [5, 5.41) is 0. The van der Waals surface area contributed by atoms with E-state index in [1.165, 1.54) is 107 Å². The number of aryl methyl sites for hydroxylation is 1. The molecule has 0 saturated heterocycles. The Labute approximate surface area is 236 Å². The number of hydrogen-bond donors (Lipinski definition) is 0.